The second-order valence-corrected chi connectivity index (χ2v) is 14.7. The van der Waals surface area contributed by atoms with Gasteiger partial charge in [0.1, 0.15) is 0 Å². The molecule has 4 aromatic rings. The summed E-state index contributed by atoms with van der Waals surface area (Å²) in [5.41, 5.74) is -5.93. The van der Waals surface area contributed by atoms with Crippen molar-refractivity contribution < 1.29 is 33.4 Å². The Morgan fingerprint density at radius 1 is 0.711 bits per heavy atom. The van der Waals surface area contributed by atoms with E-state index in [9.17, 15) is 33.4 Å². The Kier molecular flexibility index (Phi) is 7.99. The molecule has 0 bridgehead atoms. The number of anilines is 1. The first-order chi connectivity index (χ1) is 18.1. The number of halogens is 2. The molecule has 0 fully saturated rings. The van der Waals surface area contributed by atoms with Crippen LogP contribution in [0.1, 0.15) is 31.1 Å². The van der Waals surface area contributed by atoms with E-state index in [1.807, 2.05) is 66.7 Å². The first-order valence-corrected chi connectivity index (χ1v) is 15.4. The zero-order chi connectivity index (χ0) is 27.6. The molecule has 0 aliphatic rings. The van der Waals surface area contributed by atoms with Crippen molar-refractivity contribution in [2.24, 2.45) is 0 Å². The molecule has 38 heavy (non-hydrogen) atoms. The Balaban J connectivity index is 1.84. The summed E-state index contributed by atoms with van der Waals surface area (Å²) in [5, 5.41) is 24.2. The number of carboxylic acid groups (broad SMARTS) is 2. The van der Waals surface area contributed by atoms with Gasteiger partial charge in [0.25, 0.3) is 0 Å². The number of hydrogen-bond acceptors (Lipinski definition) is 4. The monoisotopic (exact) mass is 617 g/mol. The van der Waals surface area contributed by atoms with E-state index in [-0.39, 0.29) is 5.69 Å². The minimum absolute atomic E-state index is 0.191. The Morgan fingerprint density at radius 3 is 1.68 bits per heavy atom. The average Bonchev–Trinajstić information content (AvgIpc) is 2.91. The van der Waals surface area contributed by atoms with Crippen LogP contribution in [0.4, 0.5) is 14.5 Å². The molecule has 4 aromatic carbocycles. The van der Waals surface area contributed by atoms with Crippen LogP contribution in [-0.2, 0) is 0 Å². The van der Waals surface area contributed by atoms with Gasteiger partial charge in [-0.05, 0) is 0 Å². The molecule has 4 rings (SSSR count). The number of amides is 1. The fourth-order valence-corrected chi connectivity index (χ4v) is 9.17. The number of nitrogens with one attached hydrogen (secondary N) is 1. The second-order valence-electron chi connectivity index (χ2n) is 8.00. The maximum atomic E-state index is 15.0. The van der Waals surface area contributed by atoms with Gasteiger partial charge < -0.3 is 0 Å². The van der Waals surface area contributed by atoms with Gasteiger partial charge in [0.15, 0.2) is 0 Å². The molecule has 0 saturated heterocycles. The van der Waals surface area contributed by atoms with Crippen molar-refractivity contribution >= 4 is 72.7 Å². The van der Waals surface area contributed by atoms with Gasteiger partial charge in [-0.25, -0.2) is 0 Å². The van der Waals surface area contributed by atoms with E-state index in [0.29, 0.717) is 0 Å². The number of thiol groups is 1. The fraction of sp³-hybridized carbons (Fsp3) is 0. The van der Waals surface area contributed by atoms with Crippen LogP contribution in [0.3, 0.4) is 0 Å². The van der Waals surface area contributed by atoms with E-state index < -0.39 is 56.6 Å². The van der Waals surface area contributed by atoms with Crippen LogP contribution >= 0.6 is 18.1 Å². The molecule has 0 aromatic heterocycles. The molecule has 0 saturated carbocycles. The predicted octanol–water partition coefficient (Wildman–Crippen LogP) is 4.28. The molecule has 0 radical (unpaired) electrons. The van der Waals surface area contributed by atoms with Crippen LogP contribution in [0, 0.1) is 11.6 Å². The third-order valence-electron chi connectivity index (χ3n) is 5.72. The van der Waals surface area contributed by atoms with Gasteiger partial charge in [0, 0.05) is 0 Å². The number of carbonyl (C=O) groups is 3. The first kappa shape index (κ1) is 27.5. The molecule has 0 aliphatic carbocycles. The molecule has 6 nitrogen and oxygen atoms in total. The summed E-state index contributed by atoms with van der Waals surface area (Å²) in [6, 6.07) is 26.1. The van der Waals surface area contributed by atoms with E-state index in [1.54, 1.807) is 12.1 Å². The molecular formula is C27H18F2NO5PSSe. The molecule has 3 N–H and O–H groups in total. The molecule has 0 heterocycles. The predicted molar refractivity (Wildman–Crippen MR) is 146 cm³/mol. The standard InChI is InChI=1S/C27H18F2NO5PSSe/c28-22-20(19(26(32)33)21(27(34)35)23(29)24(22)37)25(31)30-15-8-7-13-18(14-15)36(38,16-9-3-1-4-10-16)17-11-5-2-6-12-17/h1-14,37H,(H,30,31)(H,32,33)(H,34,35). The number of hydrogen-bond donors (Lipinski definition) is 4. The molecule has 0 unspecified atom stereocenters. The van der Waals surface area contributed by atoms with Crippen LogP contribution in [-0.4, -0.2) is 43.2 Å². The minimum atomic E-state index is -2.32. The third-order valence-corrected chi connectivity index (χ3v) is 13.1. The van der Waals surface area contributed by atoms with Crippen molar-refractivity contribution in [3.63, 3.8) is 0 Å². The summed E-state index contributed by atoms with van der Waals surface area (Å²) in [5.74, 6) is -8.49. The summed E-state index contributed by atoms with van der Waals surface area (Å²) in [6.07, 6.45) is 0. The summed E-state index contributed by atoms with van der Waals surface area (Å²) < 4.78 is 29.4. The topological polar surface area (TPSA) is 104 Å². The van der Waals surface area contributed by atoms with Gasteiger partial charge in [0.2, 0.25) is 0 Å². The van der Waals surface area contributed by atoms with Crippen molar-refractivity contribution in [3.8, 4) is 0 Å². The van der Waals surface area contributed by atoms with Gasteiger partial charge in [-0.2, -0.15) is 0 Å². The van der Waals surface area contributed by atoms with Crippen LogP contribution < -0.4 is 21.2 Å². The quantitative estimate of drug-likeness (QED) is 0.141. The van der Waals surface area contributed by atoms with Crippen molar-refractivity contribution in [1.82, 2.24) is 0 Å². The van der Waals surface area contributed by atoms with Gasteiger partial charge in [-0.3, -0.25) is 0 Å². The van der Waals surface area contributed by atoms with Crippen molar-refractivity contribution in [3.05, 3.63) is 113 Å². The van der Waals surface area contributed by atoms with E-state index in [0.717, 1.165) is 15.9 Å². The fourth-order valence-electron chi connectivity index (χ4n) is 4.00. The first-order valence-electron chi connectivity index (χ1n) is 10.9. The zero-order valence-corrected chi connectivity index (χ0v) is 22.8. The summed E-state index contributed by atoms with van der Waals surface area (Å²) in [7, 11) is 0. The van der Waals surface area contributed by atoms with Crippen molar-refractivity contribution in [1.29, 1.82) is 0 Å². The van der Waals surface area contributed by atoms with E-state index in [2.05, 4.69) is 33.0 Å². The number of carboxylic acids is 2. The van der Waals surface area contributed by atoms with E-state index >= 15 is 0 Å². The molecule has 0 spiro atoms. The van der Waals surface area contributed by atoms with Crippen LogP contribution in [0.15, 0.2) is 89.8 Å². The number of carbonyl (C=O) groups excluding carboxylic acids is 1. The average molecular weight is 616 g/mol. The van der Waals surface area contributed by atoms with Crippen LogP contribution in [0.5, 0.6) is 0 Å². The third kappa shape index (κ3) is 4.96. The number of aromatic carboxylic acids is 2. The normalized spacial score (nSPS) is 11.1. The Hall–Kier alpha value is -3.55. The van der Waals surface area contributed by atoms with E-state index in [1.165, 1.54) is 6.07 Å². The second kappa shape index (κ2) is 11.1. The molecule has 0 aliphatic heterocycles. The maximum absolute atomic E-state index is 15.0. The van der Waals surface area contributed by atoms with Gasteiger partial charge in [-0.1, -0.05) is 0 Å². The summed E-state index contributed by atoms with van der Waals surface area (Å²) >= 11 is 6.99. The zero-order valence-electron chi connectivity index (χ0n) is 19.3. The number of rotatable bonds is 7. The Bertz CT molecular complexity index is 1590. The molecule has 1 amide bonds. The van der Waals surface area contributed by atoms with Crippen molar-refractivity contribution in [2.45, 2.75) is 4.90 Å². The summed E-state index contributed by atoms with van der Waals surface area (Å²) in [6.45, 7) is 0. The molecular weight excluding hydrogens is 598 g/mol. The van der Waals surface area contributed by atoms with Gasteiger partial charge in [0.05, 0.1) is 0 Å². The van der Waals surface area contributed by atoms with E-state index in [4.69, 9.17) is 0 Å². The Labute approximate surface area is 229 Å². The Morgan fingerprint density at radius 2 is 1.18 bits per heavy atom. The van der Waals surface area contributed by atoms with Crippen LogP contribution in [0.2, 0.25) is 0 Å². The molecule has 192 valence electrons. The van der Waals surface area contributed by atoms with Crippen LogP contribution in [0.25, 0.3) is 0 Å². The van der Waals surface area contributed by atoms with Gasteiger partial charge >= 0.3 is 230 Å². The SMILES string of the molecule is O=C(O)c1c(F)c(S)c(F)c(C(=O)Nc2cccc(P(=[Se])(c3ccccc3)c3ccccc3)c2)c1C(=O)O. The molecule has 0 atom stereocenters. The molecule has 11 heteroatoms. The van der Waals surface area contributed by atoms with Crippen molar-refractivity contribution in [2.75, 3.05) is 5.32 Å². The number of benzene rings is 4. The van der Waals surface area contributed by atoms with Gasteiger partial charge in [-0.15, -0.1) is 0 Å². The summed E-state index contributed by atoms with van der Waals surface area (Å²) in [4.78, 5) is 35.5.